The van der Waals surface area contributed by atoms with Crippen LogP contribution < -0.4 is 10.1 Å². The van der Waals surface area contributed by atoms with Crippen LogP contribution in [0.15, 0.2) is 34.9 Å². The molecule has 144 valence electrons. The molecule has 0 fully saturated rings. The second kappa shape index (κ2) is 10.4. The maximum atomic E-state index is 12.0. The summed E-state index contributed by atoms with van der Waals surface area (Å²) in [4.78, 5) is 35.4. The van der Waals surface area contributed by atoms with Gasteiger partial charge in [-0.2, -0.15) is 0 Å². The van der Waals surface area contributed by atoms with Crippen molar-refractivity contribution in [1.29, 1.82) is 0 Å². The molecular formula is C18H20N2O6S. The first-order valence-electron chi connectivity index (χ1n) is 8.20. The number of aryl methyl sites for hydroxylation is 1. The molecule has 0 atom stereocenters. The summed E-state index contributed by atoms with van der Waals surface area (Å²) in [5.74, 6) is 0.392. The number of hydrogen-bond acceptors (Lipinski definition) is 8. The van der Waals surface area contributed by atoms with E-state index < -0.39 is 5.97 Å². The largest absolute Gasteiger partial charge is 0.494 e. The molecule has 0 saturated heterocycles. The predicted octanol–water partition coefficient (Wildman–Crippen LogP) is 2.48. The van der Waals surface area contributed by atoms with Gasteiger partial charge in [-0.25, -0.2) is 0 Å². The molecule has 0 radical (unpaired) electrons. The van der Waals surface area contributed by atoms with E-state index >= 15 is 0 Å². The fraction of sp³-hybridized carbons (Fsp3) is 0.333. The Balaban J connectivity index is 1.65. The molecule has 1 amide bonds. The van der Waals surface area contributed by atoms with Crippen LogP contribution in [0.2, 0.25) is 0 Å². The normalized spacial score (nSPS) is 10.3. The summed E-state index contributed by atoms with van der Waals surface area (Å²) in [7, 11) is 0. The molecule has 0 aliphatic carbocycles. The maximum Gasteiger partial charge on any atom is 0.316 e. The summed E-state index contributed by atoms with van der Waals surface area (Å²) >= 11 is 1.08. The van der Waals surface area contributed by atoms with Crippen LogP contribution in [0, 0.1) is 6.92 Å². The lowest BCUT2D eigenvalue weighted by molar-refractivity contribution is -0.139. The number of amides is 1. The molecule has 1 aromatic heterocycles. The third-order valence-corrected chi connectivity index (χ3v) is 4.11. The number of ketones is 1. The summed E-state index contributed by atoms with van der Waals surface area (Å²) < 4.78 is 15.1. The van der Waals surface area contributed by atoms with Crippen LogP contribution in [0.1, 0.15) is 23.0 Å². The number of Topliss-reactive ketones (excluding diaryl/α,β-unsaturated/α-hetero) is 1. The predicted molar refractivity (Wildman–Crippen MR) is 100 cm³/mol. The van der Waals surface area contributed by atoms with Crippen LogP contribution >= 0.6 is 11.8 Å². The number of anilines is 1. The summed E-state index contributed by atoms with van der Waals surface area (Å²) in [5.41, 5.74) is 0.432. The Hall–Kier alpha value is -2.81. The lowest BCUT2D eigenvalue weighted by Crippen LogP contribution is -2.18. The molecule has 1 aromatic carbocycles. The van der Waals surface area contributed by atoms with Gasteiger partial charge in [-0.1, -0.05) is 5.16 Å². The fourth-order valence-electron chi connectivity index (χ4n) is 2.01. The maximum absolute atomic E-state index is 12.0. The first kappa shape index (κ1) is 20.5. The van der Waals surface area contributed by atoms with Crippen LogP contribution in [-0.2, 0) is 14.3 Å². The summed E-state index contributed by atoms with van der Waals surface area (Å²) in [6, 6.07) is 8.19. The van der Waals surface area contributed by atoms with Crippen molar-refractivity contribution >= 4 is 35.2 Å². The van der Waals surface area contributed by atoms with Crippen molar-refractivity contribution < 1.29 is 28.4 Å². The molecule has 2 aromatic rings. The van der Waals surface area contributed by atoms with Crippen LogP contribution in [0.3, 0.4) is 0 Å². The second-order valence-electron chi connectivity index (χ2n) is 5.41. The van der Waals surface area contributed by atoms with Gasteiger partial charge >= 0.3 is 5.97 Å². The Morgan fingerprint density at radius 3 is 2.56 bits per heavy atom. The van der Waals surface area contributed by atoms with Crippen molar-refractivity contribution in [3.05, 3.63) is 41.7 Å². The van der Waals surface area contributed by atoms with Crippen molar-refractivity contribution in [2.75, 3.05) is 30.0 Å². The standard InChI is InChI=1S/C18H20N2O6S/c1-3-24-14-6-4-13(5-7-14)15(21)9-25-18(23)11-27-10-17(22)19-16-8-12(2)26-20-16/h4-8H,3,9-11H2,1-2H3,(H,19,20,22). The average Bonchev–Trinajstić information content (AvgIpc) is 3.05. The Morgan fingerprint density at radius 2 is 1.93 bits per heavy atom. The summed E-state index contributed by atoms with van der Waals surface area (Å²) in [5, 5.41) is 6.18. The number of carbonyl (C=O) groups excluding carboxylic acids is 3. The quantitative estimate of drug-likeness (QED) is 0.485. The number of benzene rings is 1. The lowest BCUT2D eigenvalue weighted by atomic mass is 10.1. The molecule has 9 heteroatoms. The van der Waals surface area contributed by atoms with Gasteiger partial charge in [-0.05, 0) is 38.1 Å². The van der Waals surface area contributed by atoms with Gasteiger partial charge in [0.05, 0.1) is 18.1 Å². The van der Waals surface area contributed by atoms with Crippen LogP contribution in [0.4, 0.5) is 5.82 Å². The van der Waals surface area contributed by atoms with Crippen LogP contribution in [-0.4, -0.2) is 47.5 Å². The minimum Gasteiger partial charge on any atom is -0.494 e. The Kier molecular flexibility index (Phi) is 7.87. The van der Waals surface area contributed by atoms with Gasteiger partial charge in [-0.15, -0.1) is 11.8 Å². The van der Waals surface area contributed by atoms with E-state index in [-0.39, 0.29) is 29.8 Å². The smallest absolute Gasteiger partial charge is 0.316 e. The number of rotatable bonds is 10. The van der Waals surface area contributed by atoms with Gasteiger partial charge in [-0.3, -0.25) is 14.4 Å². The SMILES string of the molecule is CCOc1ccc(C(=O)COC(=O)CSCC(=O)Nc2cc(C)on2)cc1. The van der Waals surface area contributed by atoms with E-state index in [0.29, 0.717) is 29.5 Å². The minimum atomic E-state index is -0.565. The first-order chi connectivity index (χ1) is 13.0. The molecule has 0 spiro atoms. The number of thioether (sulfide) groups is 1. The van der Waals surface area contributed by atoms with Gasteiger partial charge in [0.15, 0.2) is 18.2 Å². The number of nitrogens with zero attached hydrogens (tertiary/aromatic N) is 1. The number of hydrogen-bond donors (Lipinski definition) is 1. The third-order valence-electron chi connectivity index (χ3n) is 3.20. The van der Waals surface area contributed by atoms with E-state index in [1.807, 2.05) is 6.92 Å². The molecule has 0 unspecified atom stereocenters. The second-order valence-corrected chi connectivity index (χ2v) is 6.39. The molecule has 0 saturated carbocycles. The summed E-state index contributed by atoms with van der Waals surface area (Å²) in [6.07, 6.45) is 0. The first-order valence-corrected chi connectivity index (χ1v) is 9.36. The molecule has 1 heterocycles. The van der Waals surface area contributed by atoms with Crippen LogP contribution in [0.5, 0.6) is 5.75 Å². The van der Waals surface area contributed by atoms with Gasteiger partial charge in [0.1, 0.15) is 11.5 Å². The van der Waals surface area contributed by atoms with E-state index in [0.717, 1.165) is 11.8 Å². The van der Waals surface area contributed by atoms with Gasteiger partial charge in [0.2, 0.25) is 5.91 Å². The van der Waals surface area contributed by atoms with E-state index in [2.05, 4.69) is 10.5 Å². The van der Waals surface area contributed by atoms with E-state index in [1.165, 1.54) is 0 Å². The number of esters is 1. The number of nitrogens with one attached hydrogen (secondary N) is 1. The highest BCUT2D eigenvalue weighted by atomic mass is 32.2. The van der Waals surface area contributed by atoms with Gasteiger partial charge in [0, 0.05) is 11.6 Å². The number of carbonyl (C=O) groups is 3. The molecule has 0 bridgehead atoms. The average molecular weight is 392 g/mol. The van der Waals surface area contributed by atoms with Crippen molar-refractivity contribution in [2.45, 2.75) is 13.8 Å². The molecule has 1 N–H and O–H groups in total. The Bertz CT molecular complexity index is 787. The Labute approximate surface area is 160 Å². The molecule has 0 aliphatic rings. The van der Waals surface area contributed by atoms with Crippen LogP contribution in [0.25, 0.3) is 0 Å². The van der Waals surface area contributed by atoms with E-state index in [9.17, 15) is 14.4 Å². The highest BCUT2D eigenvalue weighted by molar-refractivity contribution is 8.00. The molecule has 2 rings (SSSR count). The zero-order valence-corrected chi connectivity index (χ0v) is 15.8. The zero-order valence-electron chi connectivity index (χ0n) is 15.0. The fourth-order valence-corrected chi connectivity index (χ4v) is 2.62. The molecule has 8 nitrogen and oxygen atoms in total. The number of aromatic nitrogens is 1. The van der Waals surface area contributed by atoms with Crippen molar-refractivity contribution in [1.82, 2.24) is 5.16 Å². The van der Waals surface area contributed by atoms with Crippen molar-refractivity contribution in [3.8, 4) is 5.75 Å². The topological polar surface area (TPSA) is 108 Å². The lowest BCUT2D eigenvalue weighted by Gasteiger charge is -2.06. The Morgan fingerprint density at radius 1 is 1.19 bits per heavy atom. The van der Waals surface area contributed by atoms with Crippen molar-refractivity contribution in [3.63, 3.8) is 0 Å². The van der Waals surface area contributed by atoms with Gasteiger partial charge in [0.25, 0.3) is 0 Å². The molecular weight excluding hydrogens is 372 g/mol. The number of ether oxygens (including phenoxy) is 2. The van der Waals surface area contributed by atoms with E-state index in [4.69, 9.17) is 14.0 Å². The zero-order chi connectivity index (χ0) is 19.6. The molecule has 0 aliphatic heterocycles. The van der Waals surface area contributed by atoms with E-state index in [1.54, 1.807) is 37.3 Å². The third kappa shape index (κ3) is 7.14. The molecule has 27 heavy (non-hydrogen) atoms. The summed E-state index contributed by atoms with van der Waals surface area (Å²) in [6.45, 7) is 3.77. The van der Waals surface area contributed by atoms with Gasteiger partial charge < -0.3 is 19.3 Å². The monoisotopic (exact) mass is 392 g/mol. The highest BCUT2D eigenvalue weighted by Gasteiger charge is 2.12. The highest BCUT2D eigenvalue weighted by Crippen LogP contribution is 2.13. The minimum absolute atomic E-state index is 0.0399. The van der Waals surface area contributed by atoms with Crippen molar-refractivity contribution in [2.24, 2.45) is 0 Å².